The van der Waals surface area contributed by atoms with E-state index >= 15 is 0 Å². The third-order valence-corrected chi connectivity index (χ3v) is 4.29. The first-order valence-corrected chi connectivity index (χ1v) is 7.84. The van der Waals surface area contributed by atoms with Crippen molar-refractivity contribution in [2.45, 2.75) is 18.5 Å². The van der Waals surface area contributed by atoms with E-state index in [1.807, 2.05) is 0 Å². The molecule has 1 saturated heterocycles. The zero-order valence-electron chi connectivity index (χ0n) is 11.4. The minimum Gasteiger partial charge on any atom is -0.508 e. The van der Waals surface area contributed by atoms with Crippen LogP contribution in [0.1, 0.15) is 5.56 Å². The first-order chi connectivity index (χ1) is 10.1. The zero-order valence-corrected chi connectivity index (χ0v) is 12.2. The number of carboxylic acids is 1. The van der Waals surface area contributed by atoms with Crippen LogP contribution >= 0.6 is 11.8 Å². The van der Waals surface area contributed by atoms with Gasteiger partial charge < -0.3 is 20.8 Å². The third-order valence-electron chi connectivity index (χ3n) is 3.23. The molecule has 21 heavy (non-hydrogen) atoms. The summed E-state index contributed by atoms with van der Waals surface area (Å²) in [4.78, 5) is 23.4. The molecule has 1 fully saturated rings. The Morgan fingerprint density at radius 1 is 1.38 bits per heavy atom. The van der Waals surface area contributed by atoms with E-state index in [-0.39, 0.29) is 24.1 Å². The standard InChI is InChI=1S/C14H18N2O4S/c17-10-3-1-9(2-4-10)7-11(14(19)20)16-13(18)12-8-21-6-5-15-12/h1-4,11-12,15,17H,5-8H2,(H,16,18)(H,19,20). The van der Waals surface area contributed by atoms with E-state index in [1.165, 1.54) is 12.1 Å². The molecular weight excluding hydrogens is 292 g/mol. The van der Waals surface area contributed by atoms with E-state index in [9.17, 15) is 19.8 Å². The van der Waals surface area contributed by atoms with Crippen molar-refractivity contribution in [2.75, 3.05) is 18.1 Å². The highest BCUT2D eigenvalue weighted by Crippen LogP contribution is 2.12. The zero-order chi connectivity index (χ0) is 15.2. The van der Waals surface area contributed by atoms with Gasteiger partial charge in [0.25, 0.3) is 0 Å². The summed E-state index contributed by atoms with van der Waals surface area (Å²) in [6.45, 7) is 0.748. The van der Waals surface area contributed by atoms with Gasteiger partial charge in [-0.15, -0.1) is 0 Å². The molecule has 1 amide bonds. The summed E-state index contributed by atoms with van der Waals surface area (Å²) in [5.41, 5.74) is 0.742. The Morgan fingerprint density at radius 2 is 2.10 bits per heavy atom. The van der Waals surface area contributed by atoms with Gasteiger partial charge in [0.2, 0.25) is 5.91 Å². The predicted octanol–water partition coefficient (Wildman–Crippen LogP) is 0.209. The lowest BCUT2D eigenvalue weighted by Crippen LogP contribution is -2.53. The normalized spacial score (nSPS) is 19.7. The van der Waals surface area contributed by atoms with Gasteiger partial charge in [-0.3, -0.25) is 4.79 Å². The van der Waals surface area contributed by atoms with Gasteiger partial charge >= 0.3 is 5.97 Å². The highest BCUT2D eigenvalue weighted by molar-refractivity contribution is 7.99. The number of carbonyl (C=O) groups is 2. The van der Waals surface area contributed by atoms with Crippen molar-refractivity contribution in [1.29, 1.82) is 0 Å². The van der Waals surface area contributed by atoms with E-state index < -0.39 is 12.0 Å². The molecule has 2 atom stereocenters. The molecule has 114 valence electrons. The Labute approximate surface area is 126 Å². The Bertz CT molecular complexity index is 500. The minimum atomic E-state index is -1.07. The first-order valence-electron chi connectivity index (χ1n) is 6.68. The predicted molar refractivity (Wildman–Crippen MR) is 80.5 cm³/mol. The van der Waals surface area contributed by atoms with Gasteiger partial charge in [0.1, 0.15) is 11.8 Å². The second-order valence-corrected chi connectivity index (χ2v) is 6.00. The number of benzene rings is 1. The van der Waals surface area contributed by atoms with Crippen molar-refractivity contribution in [1.82, 2.24) is 10.6 Å². The maximum atomic E-state index is 12.1. The summed E-state index contributed by atoms with van der Waals surface area (Å²) >= 11 is 1.67. The lowest BCUT2D eigenvalue weighted by molar-refractivity contribution is -0.142. The number of aliphatic carboxylic acids is 1. The smallest absolute Gasteiger partial charge is 0.326 e. The third kappa shape index (κ3) is 4.64. The van der Waals surface area contributed by atoms with Gasteiger partial charge in [-0.05, 0) is 17.7 Å². The summed E-state index contributed by atoms with van der Waals surface area (Å²) in [7, 11) is 0. The molecule has 1 aliphatic heterocycles. The van der Waals surface area contributed by atoms with Gasteiger partial charge in [0, 0.05) is 24.5 Å². The van der Waals surface area contributed by atoms with Crippen LogP contribution in [0.25, 0.3) is 0 Å². The number of rotatable bonds is 5. The fourth-order valence-electron chi connectivity index (χ4n) is 2.07. The van der Waals surface area contributed by atoms with Crippen LogP contribution in [0.5, 0.6) is 5.75 Å². The average Bonchev–Trinajstić information content (AvgIpc) is 2.49. The van der Waals surface area contributed by atoms with Crippen molar-refractivity contribution >= 4 is 23.6 Å². The van der Waals surface area contributed by atoms with E-state index in [0.717, 1.165) is 17.9 Å². The molecule has 0 aromatic heterocycles. The number of aromatic hydroxyl groups is 1. The molecule has 7 heteroatoms. The molecule has 1 heterocycles. The van der Waals surface area contributed by atoms with Crippen LogP contribution in [-0.2, 0) is 16.0 Å². The topological polar surface area (TPSA) is 98.7 Å². The lowest BCUT2D eigenvalue weighted by atomic mass is 10.1. The van der Waals surface area contributed by atoms with Crippen LogP contribution in [0.2, 0.25) is 0 Å². The SMILES string of the molecule is O=C(O)C(Cc1ccc(O)cc1)NC(=O)C1CSCCN1. The Balaban J connectivity index is 1.96. The van der Waals surface area contributed by atoms with E-state index in [4.69, 9.17) is 0 Å². The second-order valence-electron chi connectivity index (χ2n) is 4.85. The summed E-state index contributed by atoms with van der Waals surface area (Å²) in [6.07, 6.45) is 0.182. The Hall–Kier alpha value is -1.73. The summed E-state index contributed by atoms with van der Waals surface area (Å²) in [5, 5.41) is 24.1. The number of carbonyl (C=O) groups excluding carboxylic acids is 1. The van der Waals surface area contributed by atoms with Crippen LogP contribution in [0.4, 0.5) is 0 Å². The molecule has 0 aliphatic carbocycles. The number of hydrogen-bond donors (Lipinski definition) is 4. The highest BCUT2D eigenvalue weighted by Gasteiger charge is 2.26. The number of thioether (sulfide) groups is 1. The van der Waals surface area contributed by atoms with Crippen LogP contribution in [0.15, 0.2) is 24.3 Å². The highest BCUT2D eigenvalue weighted by atomic mass is 32.2. The van der Waals surface area contributed by atoms with Crippen molar-refractivity contribution in [3.63, 3.8) is 0 Å². The average molecular weight is 310 g/mol. The van der Waals surface area contributed by atoms with Crippen LogP contribution in [-0.4, -0.2) is 52.2 Å². The maximum Gasteiger partial charge on any atom is 0.326 e. The minimum absolute atomic E-state index is 0.123. The summed E-state index contributed by atoms with van der Waals surface area (Å²) in [6, 6.07) is 4.96. The lowest BCUT2D eigenvalue weighted by Gasteiger charge is -2.24. The number of amides is 1. The molecule has 1 aromatic rings. The van der Waals surface area contributed by atoms with Crippen LogP contribution in [0.3, 0.4) is 0 Å². The molecule has 4 N–H and O–H groups in total. The molecule has 0 saturated carbocycles. The Morgan fingerprint density at radius 3 is 2.67 bits per heavy atom. The number of nitrogens with one attached hydrogen (secondary N) is 2. The molecule has 1 aromatic carbocycles. The number of carboxylic acid groups (broad SMARTS) is 1. The van der Waals surface area contributed by atoms with E-state index in [0.29, 0.717) is 5.75 Å². The second kappa shape index (κ2) is 7.33. The number of phenolic OH excluding ortho intramolecular Hbond substituents is 1. The maximum absolute atomic E-state index is 12.1. The number of hydrogen-bond acceptors (Lipinski definition) is 5. The quantitative estimate of drug-likeness (QED) is 0.620. The van der Waals surface area contributed by atoms with Gasteiger partial charge in [-0.1, -0.05) is 12.1 Å². The van der Waals surface area contributed by atoms with Gasteiger partial charge in [0.15, 0.2) is 0 Å². The first kappa shape index (κ1) is 15.7. The summed E-state index contributed by atoms with van der Waals surface area (Å²) in [5.74, 6) is 0.378. The van der Waals surface area contributed by atoms with E-state index in [2.05, 4.69) is 10.6 Å². The molecule has 0 radical (unpaired) electrons. The molecule has 2 rings (SSSR count). The molecule has 0 bridgehead atoms. The van der Waals surface area contributed by atoms with Gasteiger partial charge in [-0.25, -0.2) is 4.79 Å². The molecule has 6 nitrogen and oxygen atoms in total. The summed E-state index contributed by atoms with van der Waals surface area (Å²) < 4.78 is 0. The monoisotopic (exact) mass is 310 g/mol. The van der Waals surface area contributed by atoms with Gasteiger partial charge in [0.05, 0.1) is 6.04 Å². The van der Waals surface area contributed by atoms with Crippen molar-refractivity contribution < 1.29 is 19.8 Å². The molecular formula is C14H18N2O4S. The Kier molecular flexibility index (Phi) is 5.46. The van der Waals surface area contributed by atoms with Crippen molar-refractivity contribution in [3.8, 4) is 5.75 Å². The van der Waals surface area contributed by atoms with Gasteiger partial charge in [-0.2, -0.15) is 11.8 Å². The largest absolute Gasteiger partial charge is 0.508 e. The van der Waals surface area contributed by atoms with Crippen LogP contribution < -0.4 is 10.6 Å². The fourth-order valence-corrected chi connectivity index (χ4v) is 3.01. The fraction of sp³-hybridized carbons (Fsp3) is 0.429. The molecule has 1 aliphatic rings. The molecule has 0 spiro atoms. The van der Waals surface area contributed by atoms with E-state index in [1.54, 1.807) is 23.9 Å². The van der Waals surface area contributed by atoms with Crippen LogP contribution in [0, 0.1) is 0 Å². The molecule has 2 unspecified atom stereocenters. The van der Waals surface area contributed by atoms with Crippen molar-refractivity contribution in [3.05, 3.63) is 29.8 Å². The van der Waals surface area contributed by atoms with Crippen molar-refractivity contribution in [2.24, 2.45) is 0 Å². The number of phenols is 1.